The van der Waals surface area contributed by atoms with Gasteiger partial charge in [0.05, 0.1) is 16.7 Å². The van der Waals surface area contributed by atoms with E-state index in [4.69, 9.17) is 4.74 Å². The third kappa shape index (κ3) is 3.45. The maximum absolute atomic E-state index is 13.4. The Morgan fingerprint density at radius 1 is 1.06 bits per heavy atom. The predicted molar refractivity (Wildman–Crippen MR) is 120 cm³/mol. The second-order valence-electron chi connectivity index (χ2n) is 8.94. The van der Waals surface area contributed by atoms with Gasteiger partial charge in [0, 0.05) is 7.11 Å². The second kappa shape index (κ2) is 7.79. The summed E-state index contributed by atoms with van der Waals surface area (Å²) in [5.74, 6) is -0.384. The molecule has 0 aromatic heterocycles. The van der Waals surface area contributed by atoms with Gasteiger partial charge in [-0.1, -0.05) is 31.2 Å². The maximum atomic E-state index is 13.4. The van der Waals surface area contributed by atoms with Crippen LogP contribution in [-0.4, -0.2) is 29.3 Å². The van der Waals surface area contributed by atoms with E-state index in [1.807, 2.05) is 26.0 Å². The van der Waals surface area contributed by atoms with E-state index < -0.39 is 5.54 Å². The summed E-state index contributed by atoms with van der Waals surface area (Å²) in [6.45, 7) is 6.01. The van der Waals surface area contributed by atoms with E-state index in [-0.39, 0.29) is 23.1 Å². The van der Waals surface area contributed by atoms with Crippen LogP contribution in [0.15, 0.2) is 42.2 Å². The highest BCUT2D eigenvalue weighted by atomic mass is 19.1. The lowest BCUT2D eigenvalue weighted by Gasteiger charge is -2.43. The Morgan fingerprint density at radius 2 is 1.71 bits per heavy atom. The van der Waals surface area contributed by atoms with Gasteiger partial charge in [-0.05, 0) is 85.9 Å². The Bertz CT molecular complexity index is 1040. The van der Waals surface area contributed by atoms with Crippen LogP contribution >= 0.6 is 0 Å². The third-order valence-corrected chi connectivity index (χ3v) is 7.44. The maximum Gasteiger partial charge on any atom is 0.256 e. The predicted octanol–water partition coefficient (Wildman–Crippen LogP) is 5.62. The van der Waals surface area contributed by atoms with Gasteiger partial charge in [-0.15, -0.1) is 0 Å². The average molecular weight is 424 g/mol. The lowest BCUT2D eigenvalue weighted by Crippen LogP contribution is -2.51. The molecule has 31 heavy (non-hydrogen) atoms. The molecule has 164 valence electrons. The molecule has 0 atom stereocenters. The van der Waals surface area contributed by atoms with Crippen LogP contribution < -0.4 is 5.32 Å². The monoisotopic (exact) mass is 423 g/mol. The molecular weight excluding hydrogens is 393 g/mol. The second-order valence-corrected chi connectivity index (χ2v) is 8.94. The van der Waals surface area contributed by atoms with Crippen LogP contribution in [0.25, 0.3) is 16.7 Å². The fourth-order valence-corrected chi connectivity index (χ4v) is 5.29. The first-order valence-corrected chi connectivity index (χ1v) is 10.9. The normalized spacial score (nSPS) is 25.9. The first-order chi connectivity index (χ1) is 14.8. The highest BCUT2D eigenvalue weighted by Crippen LogP contribution is 2.47. The Hall–Kier alpha value is -2.66. The fourth-order valence-electron chi connectivity index (χ4n) is 5.29. The zero-order chi connectivity index (χ0) is 22.4. The Kier molecular flexibility index (Phi) is 5.42. The van der Waals surface area contributed by atoms with E-state index in [1.54, 1.807) is 19.2 Å². The number of ether oxygens (including phenoxy) is 1. The number of aliphatic hydroxyl groups excluding tert-OH is 1. The standard InChI is InChI=1S/C26H30FNO3/c1-5-25(31-4)12-14-26(15-13-25)23(29)22(24(30)28-26)21-16(2)6-11-20(17(21)3)18-7-9-19(27)10-8-18/h6-11,29H,5,12-15H2,1-4H3,(H,28,30)/t25-,26-. The number of nitrogens with one attached hydrogen (secondary N) is 1. The van der Waals surface area contributed by atoms with Gasteiger partial charge >= 0.3 is 0 Å². The van der Waals surface area contributed by atoms with E-state index in [0.717, 1.165) is 47.1 Å². The molecule has 0 saturated heterocycles. The molecule has 2 aromatic carbocycles. The van der Waals surface area contributed by atoms with Crippen molar-refractivity contribution in [1.29, 1.82) is 0 Å². The van der Waals surface area contributed by atoms with Crippen molar-refractivity contribution in [2.24, 2.45) is 0 Å². The van der Waals surface area contributed by atoms with Crippen LogP contribution in [0.3, 0.4) is 0 Å². The van der Waals surface area contributed by atoms with Crippen LogP contribution in [0, 0.1) is 19.7 Å². The highest BCUT2D eigenvalue weighted by Gasteiger charge is 2.51. The number of hydrogen-bond donors (Lipinski definition) is 2. The summed E-state index contributed by atoms with van der Waals surface area (Å²) in [4.78, 5) is 13.1. The number of methoxy groups -OCH3 is 1. The van der Waals surface area contributed by atoms with Crippen molar-refractivity contribution in [2.75, 3.05) is 7.11 Å². The van der Waals surface area contributed by atoms with Crippen LogP contribution in [0.1, 0.15) is 55.7 Å². The van der Waals surface area contributed by atoms with Crippen molar-refractivity contribution in [3.63, 3.8) is 0 Å². The van der Waals surface area contributed by atoms with E-state index in [1.165, 1.54) is 12.1 Å². The fraction of sp³-hybridized carbons (Fsp3) is 0.423. The zero-order valence-electron chi connectivity index (χ0n) is 18.6. The quantitative estimate of drug-likeness (QED) is 0.671. The number of halogens is 1. The minimum atomic E-state index is -0.728. The van der Waals surface area contributed by atoms with E-state index in [2.05, 4.69) is 12.2 Å². The van der Waals surface area contributed by atoms with E-state index in [9.17, 15) is 14.3 Å². The van der Waals surface area contributed by atoms with Crippen molar-refractivity contribution in [3.05, 3.63) is 64.7 Å². The van der Waals surface area contributed by atoms with E-state index >= 15 is 0 Å². The largest absolute Gasteiger partial charge is 0.509 e. The van der Waals surface area contributed by atoms with Crippen molar-refractivity contribution in [2.45, 2.75) is 64.0 Å². The van der Waals surface area contributed by atoms with Crippen molar-refractivity contribution >= 4 is 11.5 Å². The summed E-state index contributed by atoms with van der Waals surface area (Å²) < 4.78 is 19.2. The van der Waals surface area contributed by atoms with Gasteiger partial charge in [0.25, 0.3) is 5.91 Å². The number of amides is 1. The summed E-state index contributed by atoms with van der Waals surface area (Å²) in [5.41, 5.74) is 3.82. The molecule has 1 fully saturated rings. The number of benzene rings is 2. The summed E-state index contributed by atoms with van der Waals surface area (Å²) >= 11 is 0. The first kappa shape index (κ1) is 21.6. The number of aliphatic hydroxyl groups is 1. The van der Waals surface area contributed by atoms with Crippen LogP contribution in [0.5, 0.6) is 0 Å². The molecule has 5 heteroatoms. The summed E-state index contributed by atoms with van der Waals surface area (Å²) in [7, 11) is 1.74. The number of aryl methyl sites for hydroxylation is 1. The summed E-state index contributed by atoms with van der Waals surface area (Å²) in [6, 6.07) is 10.3. The molecule has 0 radical (unpaired) electrons. The number of rotatable bonds is 4. The minimum absolute atomic E-state index is 0.140. The van der Waals surface area contributed by atoms with Gasteiger partial charge in [0.1, 0.15) is 11.6 Å². The molecule has 0 unspecified atom stereocenters. The Morgan fingerprint density at radius 3 is 2.29 bits per heavy atom. The number of hydrogen-bond acceptors (Lipinski definition) is 3. The number of carbonyl (C=O) groups is 1. The lowest BCUT2D eigenvalue weighted by molar-refractivity contribution is -0.117. The molecule has 2 N–H and O–H groups in total. The summed E-state index contributed by atoms with van der Waals surface area (Å²) in [6.07, 6.45) is 3.76. The Labute approximate surface area is 183 Å². The molecule has 1 heterocycles. The highest BCUT2D eigenvalue weighted by molar-refractivity contribution is 6.24. The van der Waals surface area contributed by atoms with Gasteiger partial charge < -0.3 is 15.2 Å². The first-order valence-electron chi connectivity index (χ1n) is 10.9. The zero-order valence-corrected chi connectivity index (χ0v) is 18.6. The SMILES string of the molecule is CC[C@]1(OC)CC[C@@]2(CC1)NC(=O)C(c1c(C)ccc(-c3ccc(F)cc3)c1C)=C2O. The van der Waals surface area contributed by atoms with Gasteiger partial charge in [0.15, 0.2) is 0 Å². The lowest BCUT2D eigenvalue weighted by atomic mass is 9.72. The molecule has 1 aliphatic heterocycles. The average Bonchev–Trinajstić information content (AvgIpc) is 3.00. The van der Waals surface area contributed by atoms with Gasteiger partial charge in [-0.25, -0.2) is 4.39 Å². The topological polar surface area (TPSA) is 58.6 Å². The van der Waals surface area contributed by atoms with Crippen LogP contribution in [0.2, 0.25) is 0 Å². The van der Waals surface area contributed by atoms with Crippen molar-refractivity contribution in [3.8, 4) is 11.1 Å². The van der Waals surface area contributed by atoms with Crippen molar-refractivity contribution < 1.29 is 19.0 Å². The van der Waals surface area contributed by atoms with Gasteiger partial charge in [0.2, 0.25) is 0 Å². The Balaban J connectivity index is 1.78. The van der Waals surface area contributed by atoms with E-state index in [0.29, 0.717) is 18.4 Å². The molecule has 2 aliphatic rings. The third-order valence-electron chi connectivity index (χ3n) is 7.44. The molecule has 4 rings (SSSR count). The molecule has 1 saturated carbocycles. The van der Waals surface area contributed by atoms with Gasteiger partial charge in [-0.2, -0.15) is 0 Å². The number of carbonyl (C=O) groups excluding carboxylic acids is 1. The molecule has 0 bridgehead atoms. The summed E-state index contributed by atoms with van der Waals surface area (Å²) in [5, 5.41) is 14.5. The molecule has 1 spiro atoms. The molecular formula is C26H30FNO3. The van der Waals surface area contributed by atoms with Gasteiger partial charge in [-0.3, -0.25) is 4.79 Å². The van der Waals surface area contributed by atoms with Crippen LogP contribution in [-0.2, 0) is 9.53 Å². The molecule has 1 amide bonds. The van der Waals surface area contributed by atoms with Crippen LogP contribution in [0.4, 0.5) is 4.39 Å². The van der Waals surface area contributed by atoms with Crippen molar-refractivity contribution in [1.82, 2.24) is 5.32 Å². The minimum Gasteiger partial charge on any atom is -0.509 e. The molecule has 4 nitrogen and oxygen atoms in total. The molecule has 2 aromatic rings. The molecule has 1 aliphatic carbocycles. The smallest absolute Gasteiger partial charge is 0.256 e.